The highest BCUT2D eigenvalue weighted by molar-refractivity contribution is 6.03. The maximum absolute atomic E-state index is 12.0. The molecule has 7 heteroatoms. The third-order valence-electron chi connectivity index (χ3n) is 3.17. The third kappa shape index (κ3) is 3.89. The molecule has 3 N–H and O–H groups in total. The van der Waals surface area contributed by atoms with Crippen molar-refractivity contribution in [1.82, 2.24) is 15.2 Å². The molecule has 0 atom stereocenters. The fraction of sp³-hybridized carbons (Fsp3) is 0.118. The van der Waals surface area contributed by atoms with E-state index in [-0.39, 0.29) is 11.9 Å². The first-order valence-electron chi connectivity index (χ1n) is 7.53. The Morgan fingerprint density at radius 3 is 2.58 bits per heavy atom. The lowest BCUT2D eigenvalue weighted by Crippen LogP contribution is -2.12. The molecule has 7 nitrogen and oxygen atoms in total. The van der Waals surface area contributed by atoms with E-state index in [9.17, 15) is 4.79 Å². The number of rotatable bonds is 6. The van der Waals surface area contributed by atoms with Gasteiger partial charge in [0.15, 0.2) is 0 Å². The van der Waals surface area contributed by atoms with Crippen LogP contribution in [0.3, 0.4) is 0 Å². The van der Waals surface area contributed by atoms with E-state index in [0.717, 1.165) is 11.4 Å². The minimum absolute atomic E-state index is 0.206. The van der Waals surface area contributed by atoms with E-state index in [1.807, 2.05) is 37.3 Å². The van der Waals surface area contributed by atoms with Gasteiger partial charge in [0.1, 0.15) is 5.75 Å². The Labute approximate surface area is 139 Å². The standard InChI is InChI=1S/C17H17N5O2/c1-2-24-14-10-8-13(9-11-14)18-16-20-17(22-21-16)19-15(23)12-6-4-3-5-7-12/h3-11H,2H2,1H3,(H3,18,19,20,21,22,23). The molecular weight excluding hydrogens is 306 g/mol. The van der Waals surface area contributed by atoms with E-state index >= 15 is 0 Å². The van der Waals surface area contributed by atoms with Crippen LogP contribution in [-0.4, -0.2) is 27.7 Å². The molecule has 0 bridgehead atoms. The number of nitrogens with zero attached hydrogens (tertiary/aromatic N) is 2. The second-order valence-corrected chi connectivity index (χ2v) is 4.91. The van der Waals surface area contributed by atoms with Gasteiger partial charge in [0.2, 0.25) is 5.95 Å². The Bertz CT molecular complexity index is 799. The van der Waals surface area contributed by atoms with Gasteiger partial charge in [0, 0.05) is 11.3 Å². The summed E-state index contributed by atoms with van der Waals surface area (Å²) in [5.41, 5.74) is 1.37. The average molecular weight is 323 g/mol. The number of hydrogen-bond acceptors (Lipinski definition) is 5. The van der Waals surface area contributed by atoms with Gasteiger partial charge in [0.05, 0.1) is 6.61 Å². The Morgan fingerprint density at radius 1 is 1.12 bits per heavy atom. The van der Waals surface area contributed by atoms with Crippen LogP contribution in [0.2, 0.25) is 0 Å². The zero-order chi connectivity index (χ0) is 16.8. The minimum atomic E-state index is -0.262. The van der Waals surface area contributed by atoms with Crippen LogP contribution in [0.15, 0.2) is 54.6 Å². The maximum atomic E-state index is 12.0. The highest BCUT2D eigenvalue weighted by Gasteiger charge is 2.09. The Morgan fingerprint density at radius 2 is 1.88 bits per heavy atom. The highest BCUT2D eigenvalue weighted by atomic mass is 16.5. The van der Waals surface area contributed by atoms with Crippen LogP contribution in [-0.2, 0) is 0 Å². The van der Waals surface area contributed by atoms with Crippen molar-refractivity contribution in [2.24, 2.45) is 0 Å². The summed E-state index contributed by atoms with van der Waals surface area (Å²) in [5.74, 6) is 1.18. The topological polar surface area (TPSA) is 91.9 Å². The van der Waals surface area contributed by atoms with Gasteiger partial charge in [-0.25, -0.2) is 5.10 Å². The lowest BCUT2D eigenvalue weighted by Gasteiger charge is -2.05. The van der Waals surface area contributed by atoms with Crippen LogP contribution in [0, 0.1) is 0 Å². The third-order valence-corrected chi connectivity index (χ3v) is 3.17. The maximum Gasteiger partial charge on any atom is 0.258 e. The summed E-state index contributed by atoms with van der Waals surface area (Å²) >= 11 is 0. The summed E-state index contributed by atoms with van der Waals surface area (Å²) in [7, 11) is 0. The number of carbonyl (C=O) groups is 1. The summed E-state index contributed by atoms with van der Waals surface area (Å²) in [6.07, 6.45) is 0. The number of ether oxygens (including phenoxy) is 1. The lowest BCUT2D eigenvalue weighted by atomic mass is 10.2. The SMILES string of the molecule is CCOc1ccc(Nc2nc(NC(=O)c3ccccc3)n[nH]2)cc1. The molecule has 0 saturated carbocycles. The number of nitrogens with one attached hydrogen (secondary N) is 3. The van der Waals surface area contributed by atoms with Crippen molar-refractivity contribution in [3.8, 4) is 5.75 Å². The summed E-state index contributed by atoms with van der Waals surface area (Å²) < 4.78 is 5.39. The first-order chi connectivity index (χ1) is 11.7. The van der Waals surface area contributed by atoms with Crippen molar-refractivity contribution in [2.45, 2.75) is 6.92 Å². The number of H-pyrrole nitrogens is 1. The summed E-state index contributed by atoms with van der Waals surface area (Å²) in [6.45, 7) is 2.56. The van der Waals surface area contributed by atoms with Crippen LogP contribution in [0.4, 0.5) is 17.6 Å². The normalized spacial score (nSPS) is 10.2. The second kappa shape index (κ2) is 7.28. The molecule has 0 aliphatic carbocycles. The van der Waals surface area contributed by atoms with Crippen molar-refractivity contribution >= 4 is 23.5 Å². The lowest BCUT2D eigenvalue weighted by molar-refractivity contribution is 0.102. The van der Waals surface area contributed by atoms with Gasteiger partial charge in [-0.2, -0.15) is 4.98 Å². The van der Waals surface area contributed by atoms with E-state index in [4.69, 9.17) is 4.74 Å². The van der Waals surface area contributed by atoms with E-state index in [1.165, 1.54) is 0 Å². The van der Waals surface area contributed by atoms with Crippen LogP contribution in [0.25, 0.3) is 0 Å². The van der Waals surface area contributed by atoms with Gasteiger partial charge in [0.25, 0.3) is 11.9 Å². The number of carbonyl (C=O) groups excluding carboxylic acids is 1. The van der Waals surface area contributed by atoms with Gasteiger partial charge in [-0.3, -0.25) is 10.1 Å². The minimum Gasteiger partial charge on any atom is -0.494 e. The van der Waals surface area contributed by atoms with Crippen molar-refractivity contribution in [3.05, 3.63) is 60.2 Å². The zero-order valence-electron chi connectivity index (χ0n) is 13.1. The van der Waals surface area contributed by atoms with Gasteiger partial charge >= 0.3 is 0 Å². The van der Waals surface area contributed by atoms with E-state index in [2.05, 4.69) is 25.8 Å². The molecule has 3 rings (SSSR count). The van der Waals surface area contributed by atoms with Gasteiger partial charge in [-0.1, -0.05) is 18.2 Å². The summed E-state index contributed by atoms with van der Waals surface area (Å²) in [4.78, 5) is 16.2. The van der Waals surface area contributed by atoms with Crippen LogP contribution < -0.4 is 15.4 Å². The van der Waals surface area contributed by atoms with E-state index < -0.39 is 0 Å². The van der Waals surface area contributed by atoms with Gasteiger partial charge in [-0.05, 0) is 43.3 Å². The van der Waals surface area contributed by atoms with Gasteiger partial charge in [-0.15, -0.1) is 5.10 Å². The van der Waals surface area contributed by atoms with Gasteiger partial charge < -0.3 is 10.1 Å². The monoisotopic (exact) mass is 323 g/mol. The molecule has 0 aliphatic rings. The number of hydrogen-bond donors (Lipinski definition) is 3. The Hall–Kier alpha value is -3.35. The number of amides is 1. The van der Waals surface area contributed by atoms with Crippen molar-refractivity contribution in [1.29, 1.82) is 0 Å². The fourth-order valence-corrected chi connectivity index (χ4v) is 2.07. The molecule has 1 amide bonds. The van der Waals surface area contributed by atoms with Crippen LogP contribution in [0.5, 0.6) is 5.75 Å². The molecular formula is C17H17N5O2. The molecule has 0 radical (unpaired) electrons. The number of aromatic amines is 1. The average Bonchev–Trinajstić information content (AvgIpc) is 3.04. The highest BCUT2D eigenvalue weighted by Crippen LogP contribution is 2.18. The summed E-state index contributed by atoms with van der Waals surface area (Å²) in [5, 5.41) is 12.4. The zero-order valence-corrected chi connectivity index (χ0v) is 13.1. The van der Waals surface area contributed by atoms with E-state index in [1.54, 1.807) is 24.3 Å². The first-order valence-corrected chi connectivity index (χ1v) is 7.53. The van der Waals surface area contributed by atoms with Crippen molar-refractivity contribution in [3.63, 3.8) is 0 Å². The number of benzene rings is 2. The van der Waals surface area contributed by atoms with Crippen molar-refractivity contribution in [2.75, 3.05) is 17.2 Å². The molecule has 3 aromatic rings. The molecule has 0 spiro atoms. The molecule has 1 heterocycles. The summed E-state index contributed by atoms with van der Waals surface area (Å²) in [6, 6.07) is 16.4. The Kier molecular flexibility index (Phi) is 4.71. The molecule has 0 unspecified atom stereocenters. The van der Waals surface area contributed by atoms with E-state index in [0.29, 0.717) is 18.1 Å². The smallest absolute Gasteiger partial charge is 0.258 e. The number of aromatic nitrogens is 3. The molecule has 0 saturated heterocycles. The molecule has 122 valence electrons. The molecule has 1 aromatic heterocycles. The fourth-order valence-electron chi connectivity index (χ4n) is 2.07. The number of anilines is 3. The molecule has 24 heavy (non-hydrogen) atoms. The van der Waals surface area contributed by atoms with Crippen LogP contribution in [0.1, 0.15) is 17.3 Å². The van der Waals surface area contributed by atoms with Crippen molar-refractivity contribution < 1.29 is 9.53 Å². The van der Waals surface area contributed by atoms with Crippen LogP contribution >= 0.6 is 0 Å². The predicted molar refractivity (Wildman–Crippen MR) is 91.7 cm³/mol. The molecule has 2 aromatic carbocycles. The Balaban J connectivity index is 1.62. The quantitative estimate of drug-likeness (QED) is 0.648. The molecule has 0 fully saturated rings. The largest absolute Gasteiger partial charge is 0.494 e. The first kappa shape index (κ1) is 15.5. The molecule has 0 aliphatic heterocycles. The predicted octanol–water partition coefficient (Wildman–Crippen LogP) is 3.20. The second-order valence-electron chi connectivity index (χ2n) is 4.91.